The largest absolute Gasteiger partial charge is 0.508 e. The molecule has 0 atom stereocenters. The molecule has 0 saturated heterocycles. The fourth-order valence-electron chi connectivity index (χ4n) is 1.87. The van der Waals surface area contributed by atoms with E-state index in [9.17, 15) is 5.11 Å². The Morgan fingerprint density at radius 3 is 2.50 bits per heavy atom. The molecule has 2 N–H and O–H groups in total. The Balaban J connectivity index is 1.97. The van der Waals surface area contributed by atoms with Crippen molar-refractivity contribution in [3.05, 3.63) is 63.3 Å². The third kappa shape index (κ3) is 3.15. The van der Waals surface area contributed by atoms with Crippen LogP contribution in [0.4, 0.5) is 0 Å². The third-order valence-electron chi connectivity index (χ3n) is 2.97. The summed E-state index contributed by atoms with van der Waals surface area (Å²) in [6.45, 7) is 0. The van der Waals surface area contributed by atoms with Crippen molar-refractivity contribution in [2.24, 2.45) is 5.10 Å². The van der Waals surface area contributed by atoms with Gasteiger partial charge in [-0.2, -0.15) is 14.9 Å². The second-order valence-corrected chi connectivity index (χ2v) is 5.81. The number of phenolic OH excluding ortho intramolecular Hbond substituents is 1. The van der Waals surface area contributed by atoms with E-state index >= 15 is 0 Å². The van der Waals surface area contributed by atoms with Gasteiger partial charge in [0, 0.05) is 10.0 Å². The van der Waals surface area contributed by atoms with E-state index in [0.29, 0.717) is 10.6 Å². The van der Waals surface area contributed by atoms with E-state index in [1.807, 2.05) is 24.3 Å². The van der Waals surface area contributed by atoms with Gasteiger partial charge in [0.2, 0.25) is 4.77 Å². The molecule has 0 aliphatic rings. The van der Waals surface area contributed by atoms with Crippen molar-refractivity contribution in [1.29, 1.82) is 0 Å². The smallest absolute Gasteiger partial charge is 0.216 e. The van der Waals surface area contributed by atoms with Gasteiger partial charge in [-0.05, 0) is 54.2 Å². The molecule has 0 amide bonds. The monoisotopic (exact) mass is 374 g/mol. The average molecular weight is 375 g/mol. The number of benzene rings is 2. The Bertz CT molecular complexity index is 866. The molecule has 7 heteroatoms. The van der Waals surface area contributed by atoms with Crippen molar-refractivity contribution in [2.45, 2.75) is 0 Å². The van der Waals surface area contributed by atoms with Crippen molar-refractivity contribution in [1.82, 2.24) is 14.9 Å². The number of aromatic amines is 1. The van der Waals surface area contributed by atoms with Crippen LogP contribution in [0.3, 0.4) is 0 Å². The first-order valence-electron chi connectivity index (χ1n) is 6.40. The van der Waals surface area contributed by atoms with Crippen LogP contribution in [0.25, 0.3) is 11.4 Å². The van der Waals surface area contributed by atoms with Gasteiger partial charge in [0.15, 0.2) is 5.82 Å². The van der Waals surface area contributed by atoms with E-state index in [4.69, 9.17) is 12.2 Å². The molecule has 3 aromatic rings. The van der Waals surface area contributed by atoms with Gasteiger partial charge in [0.05, 0.1) is 6.21 Å². The molecular weight excluding hydrogens is 364 g/mol. The van der Waals surface area contributed by atoms with Gasteiger partial charge in [0.25, 0.3) is 0 Å². The lowest BCUT2D eigenvalue weighted by Gasteiger charge is -2.01. The number of rotatable bonds is 3. The summed E-state index contributed by atoms with van der Waals surface area (Å²) in [5.41, 5.74) is 1.75. The van der Waals surface area contributed by atoms with Crippen molar-refractivity contribution in [3.8, 4) is 17.1 Å². The van der Waals surface area contributed by atoms with E-state index in [2.05, 4.69) is 31.2 Å². The third-order valence-corrected chi connectivity index (χ3v) is 3.76. The molecule has 0 spiro atoms. The van der Waals surface area contributed by atoms with Crippen LogP contribution in [0.2, 0.25) is 0 Å². The molecule has 3 rings (SSSR count). The molecule has 110 valence electrons. The number of nitrogens with one attached hydrogen (secondary N) is 1. The molecule has 0 aliphatic heterocycles. The maximum Gasteiger partial charge on any atom is 0.216 e. The second-order valence-electron chi connectivity index (χ2n) is 4.51. The first-order chi connectivity index (χ1) is 10.6. The molecule has 5 nitrogen and oxygen atoms in total. The number of nitrogens with zero attached hydrogens (tertiary/aromatic N) is 3. The Hall–Kier alpha value is -2.25. The van der Waals surface area contributed by atoms with Crippen LogP contribution in [-0.4, -0.2) is 26.2 Å². The van der Waals surface area contributed by atoms with Crippen LogP contribution >= 0.6 is 28.1 Å². The van der Waals surface area contributed by atoms with Gasteiger partial charge >= 0.3 is 0 Å². The second kappa shape index (κ2) is 6.25. The van der Waals surface area contributed by atoms with Crippen molar-refractivity contribution in [2.75, 3.05) is 0 Å². The topological polar surface area (TPSA) is 66.2 Å². The highest BCUT2D eigenvalue weighted by Gasteiger charge is 2.07. The summed E-state index contributed by atoms with van der Waals surface area (Å²) in [7, 11) is 0. The summed E-state index contributed by atoms with van der Waals surface area (Å²) < 4.78 is 2.96. The Kier molecular flexibility index (Phi) is 4.17. The number of aromatic hydroxyl groups is 1. The van der Waals surface area contributed by atoms with Crippen molar-refractivity contribution < 1.29 is 5.11 Å². The number of hydrogen-bond acceptors (Lipinski definition) is 4. The Morgan fingerprint density at radius 2 is 1.82 bits per heavy atom. The Labute approximate surface area is 140 Å². The zero-order chi connectivity index (χ0) is 15.5. The summed E-state index contributed by atoms with van der Waals surface area (Å²) in [5.74, 6) is 0.847. The number of hydrogen-bond donors (Lipinski definition) is 2. The van der Waals surface area contributed by atoms with Gasteiger partial charge < -0.3 is 5.11 Å². The van der Waals surface area contributed by atoms with Gasteiger partial charge in [0.1, 0.15) is 5.75 Å². The summed E-state index contributed by atoms with van der Waals surface area (Å²) in [6.07, 6.45) is 1.66. The lowest BCUT2D eigenvalue weighted by atomic mass is 10.2. The normalized spacial score (nSPS) is 11.1. The number of phenols is 1. The molecule has 0 unspecified atom stereocenters. The molecule has 2 aromatic carbocycles. The van der Waals surface area contributed by atoms with Gasteiger partial charge in [-0.25, -0.2) is 5.10 Å². The highest BCUT2D eigenvalue weighted by atomic mass is 79.9. The molecule has 0 radical (unpaired) electrons. The zero-order valence-electron chi connectivity index (χ0n) is 11.3. The Morgan fingerprint density at radius 1 is 1.14 bits per heavy atom. The minimum atomic E-state index is 0.215. The van der Waals surface area contributed by atoms with Gasteiger partial charge in [-0.15, -0.1) is 0 Å². The first kappa shape index (κ1) is 14.7. The quantitative estimate of drug-likeness (QED) is 0.538. The maximum atomic E-state index is 9.28. The summed E-state index contributed by atoms with van der Waals surface area (Å²) in [5, 5.41) is 20.6. The lowest BCUT2D eigenvalue weighted by molar-refractivity contribution is 0.475. The minimum absolute atomic E-state index is 0.215. The van der Waals surface area contributed by atoms with Gasteiger partial charge in [-0.3, -0.25) is 0 Å². The maximum absolute atomic E-state index is 9.28. The summed E-state index contributed by atoms with van der Waals surface area (Å²) in [4.78, 5) is 0. The van der Waals surface area contributed by atoms with Crippen LogP contribution in [-0.2, 0) is 0 Å². The van der Waals surface area contributed by atoms with Crippen molar-refractivity contribution >= 4 is 34.4 Å². The highest BCUT2D eigenvalue weighted by Crippen LogP contribution is 2.20. The number of H-pyrrole nitrogens is 1. The van der Waals surface area contributed by atoms with Crippen LogP contribution in [0.1, 0.15) is 5.56 Å². The van der Waals surface area contributed by atoms with Crippen LogP contribution in [0.5, 0.6) is 5.75 Å². The van der Waals surface area contributed by atoms with Crippen LogP contribution in [0.15, 0.2) is 58.1 Å². The average Bonchev–Trinajstić information content (AvgIpc) is 2.89. The van der Waals surface area contributed by atoms with E-state index in [-0.39, 0.29) is 5.75 Å². The molecule has 0 saturated carbocycles. The van der Waals surface area contributed by atoms with Gasteiger partial charge in [-0.1, -0.05) is 28.1 Å². The van der Waals surface area contributed by atoms with Crippen molar-refractivity contribution in [3.63, 3.8) is 0 Å². The number of aromatic nitrogens is 3. The lowest BCUT2D eigenvalue weighted by Crippen LogP contribution is -1.94. The van der Waals surface area contributed by atoms with E-state index in [0.717, 1.165) is 15.6 Å². The van der Waals surface area contributed by atoms with E-state index in [1.165, 1.54) is 0 Å². The highest BCUT2D eigenvalue weighted by molar-refractivity contribution is 9.10. The first-order valence-corrected chi connectivity index (χ1v) is 7.60. The fourth-order valence-corrected chi connectivity index (χ4v) is 2.31. The summed E-state index contributed by atoms with van der Waals surface area (Å²) in [6, 6.07) is 14.5. The van der Waals surface area contributed by atoms with E-state index in [1.54, 1.807) is 35.2 Å². The molecular formula is C15H11BrN4OS. The molecule has 0 bridgehead atoms. The molecule has 1 heterocycles. The predicted molar refractivity (Wildman–Crippen MR) is 91.6 cm³/mol. The fraction of sp³-hybridized carbons (Fsp3) is 0. The minimum Gasteiger partial charge on any atom is -0.508 e. The van der Waals surface area contributed by atoms with Crippen LogP contribution in [0, 0.1) is 4.77 Å². The predicted octanol–water partition coefficient (Wildman–Crippen LogP) is 3.96. The standard InChI is InChI=1S/C15H11BrN4OS/c16-12-5-3-11(4-6-12)14-18-19-15(22)20(14)17-9-10-1-7-13(21)8-2-10/h1-9,21H,(H,19,22)/b17-9-. The van der Waals surface area contributed by atoms with E-state index < -0.39 is 0 Å². The molecule has 0 fully saturated rings. The SMILES string of the molecule is Oc1ccc(/C=N\n2c(-c3ccc(Br)cc3)n[nH]c2=S)cc1. The molecule has 22 heavy (non-hydrogen) atoms. The number of halogens is 1. The molecule has 0 aliphatic carbocycles. The molecule has 1 aromatic heterocycles. The summed E-state index contributed by atoms with van der Waals surface area (Å²) >= 11 is 8.62. The zero-order valence-corrected chi connectivity index (χ0v) is 13.7. The van der Waals surface area contributed by atoms with Crippen LogP contribution < -0.4 is 0 Å².